The van der Waals surface area contributed by atoms with Crippen LogP contribution in [0.15, 0.2) is 24.3 Å². The molecule has 1 aliphatic carbocycles. The van der Waals surface area contributed by atoms with Crippen LogP contribution in [0.25, 0.3) is 0 Å². The SMILES string of the molecule is CC(C)N(Cc1ccc(NC2CCC(C(=O)O)CC2)cc1)CC1CCCCO1. The molecule has 1 unspecified atom stereocenters. The highest BCUT2D eigenvalue weighted by Gasteiger charge is 2.25. The monoisotopic (exact) mass is 388 g/mol. The Labute approximate surface area is 169 Å². The zero-order valence-corrected chi connectivity index (χ0v) is 17.4. The minimum Gasteiger partial charge on any atom is -0.481 e. The van der Waals surface area contributed by atoms with Crippen LogP contribution in [-0.4, -0.2) is 47.3 Å². The maximum Gasteiger partial charge on any atom is 0.306 e. The van der Waals surface area contributed by atoms with E-state index in [-0.39, 0.29) is 5.92 Å². The number of ether oxygens (including phenoxy) is 1. The van der Waals surface area contributed by atoms with Crippen LogP contribution in [0.1, 0.15) is 64.4 Å². The Morgan fingerprint density at radius 3 is 2.43 bits per heavy atom. The summed E-state index contributed by atoms with van der Waals surface area (Å²) in [5, 5.41) is 12.7. The molecule has 1 aromatic carbocycles. The van der Waals surface area contributed by atoms with Crippen molar-refractivity contribution in [3.05, 3.63) is 29.8 Å². The summed E-state index contributed by atoms with van der Waals surface area (Å²) < 4.78 is 5.93. The van der Waals surface area contributed by atoms with Gasteiger partial charge >= 0.3 is 5.97 Å². The Hall–Kier alpha value is -1.59. The third-order valence-electron chi connectivity index (χ3n) is 6.23. The molecule has 0 aromatic heterocycles. The summed E-state index contributed by atoms with van der Waals surface area (Å²) in [5.41, 5.74) is 2.46. The number of carboxylic acid groups (broad SMARTS) is 1. The molecule has 28 heavy (non-hydrogen) atoms. The number of benzene rings is 1. The number of rotatable bonds is 8. The Bertz CT molecular complexity index is 603. The number of hydrogen-bond acceptors (Lipinski definition) is 4. The zero-order valence-electron chi connectivity index (χ0n) is 17.4. The van der Waals surface area contributed by atoms with Gasteiger partial charge in [-0.15, -0.1) is 0 Å². The lowest BCUT2D eigenvalue weighted by molar-refractivity contribution is -0.142. The summed E-state index contributed by atoms with van der Waals surface area (Å²) in [7, 11) is 0. The lowest BCUT2D eigenvalue weighted by Crippen LogP contribution is -2.39. The van der Waals surface area contributed by atoms with E-state index in [1.165, 1.54) is 24.8 Å². The molecule has 5 heteroatoms. The second-order valence-electron chi connectivity index (χ2n) is 8.74. The molecular weight excluding hydrogens is 352 g/mol. The van der Waals surface area contributed by atoms with Crippen molar-refractivity contribution < 1.29 is 14.6 Å². The molecule has 1 heterocycles. The summed E-state index contributed by atoms with van der Waals surface area (Å²) in [6.45, 7) is 7.37. The standard InChI is InChI=1S/C23H36N2O3/c1-17(2)25(16-22-5-3-4-14-28-22)15-18-6-10-20(11-7-18)24-21-12-8-19(9-13-21)23(26)27/h6-7,10-11,17,19,21-22,24H,3-5,8-9,12-16H2,1-2H3,(H,26,27). The average molecular weight is 389 g/mol. The molecule has 0 spiro atoms. The van der Waals surface area contributed by atoms with E-state index < -0.39 is 5.97 Å². The second-order valence-corrected chi connectivity index (χ2v) is 8.74. The lowest BCUT2D eigenvalue weighted by Gasteiger charge is -2.32. The van der Waals surface area contributed by atoms with Crippen molar-refractivity contribution in [2.75, 3.05) is 18.5 Å². The second kappa shape index (κ2) is 10.3. The van der Waals surface area contributed by atoms with E-state index in [9.17, 15) is 4.79 Å². The van der Waals surface area contributed by atoms with Crippen molar-refractivity contribution >= 4 is 11.7 Å². The van der Waals surface area contributed by atoms with Gasteiger partial charge in [0.2, 0.25) is 0 Å². The first-order valence-corrected chi connectivity index (χ1v) is 10.9. The van der Waals surface area contributed by atoms with Crippen LogP contribution in [-0.2, 0) is 16.1 Å². The van der Waals surface area contributed by atoms with Gasteiger partial charge in [0.05, 0.1) is 12.0 Å². The van der Waals surface area contributed by atoms with Gasteiger partial charge in [-0.2, -0.15) is 0 Å². The van der Waals surface area contributed by atoms with Crippen LogP contribution in [0.5, 0.6) is 0 Å². The van der Waals surface area contributed by atoms with E-state index in [4.69, 9.17) is 9.84 Å². The third kappa shape index (κ3) is 6.21. The first-order valence-electron chi connectivity index (χ1n) is 10.9. The molecule has 1 saturated carbocycles. The van der Waals surface area contributed by atoms with Gasteiger partial charge in [0.1, 0.15) is 0 Å². The van der Waals surface area contributed by atoms with E-state index in [2.05, 4.69) is 48.3 Å². The minimum absolute atomic E-state index is 0.157. The van der Waals surface area contributed by atoms with Crippen LogP contribution in [0.3, 0.4) is 0 Å². The smallest absolute Gasteiger partial charge is 0.306 e. The van der Waals surface area contributed by atoms with Gasteiger partial charge in [0.25, 0.3) is 0 Å². The molecule has 1 aliphatic heterocycles. The molecule has 1 atom stereocenters. The number of anilines is 1. The normalized spacial score (nSPS) is 25.8. The first-order chi connectivity index (χ1) is 13.5. The lowest BCUT2D eigenvalue weighted by atomic mass is 9.86. The molecular formula is C23H36N2O3. The van der Waals surface area contributed by atoms with E-state index >= 15 is 0 Å². The molecule has 3 rings (SSSR count). The van der Waals surface area contributed by atoms with Gasteiger partial charge in [-0.25, -0.2) is 0 Å². The van der Waals surface area contributed by atoms with Crippen LogP contribution in [0.2, 0.25) is 0 Å². The molecule has 0 radical (unpaired) electrons. The van der Waals surface area contributed by atoms with Crippen LogP contribution in [0.4, 0.5) is 5.69 Å². The summed E-state index contributed by atoms with van der Waals surface area (Å²) in [5.74, 6) is -0.799. The Balaban J connectivity index is 1.49. The fraction of sp³-hybridized carbons (Fsp3) is 0.696. The fourth-order valence-corrected chi connectivity index (χ4v) is 4.33. The Morgan fingerprint density at radius 2 is 1.86 bits per heavy atom. The number of hydrogen-bond donors (Lipinski definition) is 2. The van der Waals surface area contributed by atoms with Crippen LogP contribution in [0, 0.1) is 5.92 Å². The van der Waals surface area contributed by atoms with Crippen LogP contribution >= 0.6 is 0 Å². The van der Waals surface area contributed by atoms with Crippen molar-refractivity contribution in [2.24, 2.45) is 5.92 Å². The predicted molar refractivity (Wildman–Crippen MR) is 113 cm³/mol. The number of nitrogens with zero attached hydrogens (tertiary/aromatic N) is 1. The number of carbonyl (C=O) groups is 1. The van der Waals surface area contributed by atoms with Gasteiger partial charge in [0, 0.05) is 37.5 Å². The van der Waals surface area contributed by atoms with Gasteiger partial charge in [-0.1, -0.05) is 12.1 Å². The highest BCUT2D eigenvalue weighted by Crippen LogP contribution is 2.27. The number of aliphatic carboxylic acids is 1. The van der Waals surface area contributed by atoms with E-state index in [1.807, 2.05) is 0 Å². The molecule has 0 bridgehead atoms. The Kier molecular flexibility index (Phi) is 7.74. The van der Waals surface area contributed by atoms with E-state index in [1.54, 1.807) is 0 Å². The average Bonchev–Trinajstić information content (AvgIpc) is 2.70. The maximum atomic E-state index is 11.1. The van der Waals surface area contributed by atoms with Gasteiger partial charge in [0.15, 0.2) is 0 Å². The largest absolute Gasteiger partial charge is 0.481 e. The first kappa shape index (κ1) is 21.1. The summed E-state index contributed by atoms with van der Waals surface area (Å²) in [6.07, 6.45) is 7.45. The molecule has 156 valence electrons. The summed E-state index contributed by atoms with van der Waals surface area (Å²) >= 11 is 0. The van der Waals surface area contributed by atoms with Crippen molar-refractivity contribution in [3.63, 3.8) is 0 Å². The number of carboxylic acids is 1. The predicted octanol–water partition coefficient (Wildman–Crippen LogP) is 4.52. The fourth-order valence-electron chi connectivity index (χ4n) is 4.33. The van der Waals surface area contributed by atoms with Gasteiger partial charge in [-0.05, 0) is 76.5 Å². The molecule has 2 aliphatic rings. The third-order valence-corrected chi connectivity index (χ3v) is 6.23. The minimum atomic E-state index is -0.642. The Morgan fingerprint density at radius 1 is 1.14 bits per heavy atom. The van der Waals surface area contributed by atoms with Crippen molar-refractivity contribution in [2.45, 2.75) is 83.5 Å². The topological polar surface area (TPSA) is 61.8 Å². The van der Waals surface area contributed by atoms with E-state index in [0.29, 0.717) is 18.2 Å². The molecule has 2 N–H and O–H groups in total. The van der Waals surface area contributed by atoms with E-state index in [0.717, 1.165) is 51.1 Å². The van der Waals surface area contributed by atoms with Crippen LogP contribution < -0.4 is 5.32 Å². The van der Waals surface area contributed by atoms with Crippen molar-refractivity contribution in [3.8, 4) is 0 Å². The van der Waals surface area contributed by atoms with Crippen molar-refractivity contribution in [1.82, 2.24) is 4.90 Å². The summed E-state index contributed by atoms with van der Waals surface area (Å²) in [6, 6.07) is 9.62. The molecule has 1 aromatic rings. The molecule has 5 nitrogen and oxygen atoms in total. The highest BCUT2D eigenvalue weighted by molar-refractivity contribution is 5.70. The molecule has 0 amide bonds. The summed E-state index contributed by atoms with van der Waals surface area (Å²) in [4.78, 5) is 13.6. The highest BCUT2D eigenvalue weighted by atomic mass is 16.5. The molecule has 1 saturated heterocycles. The maximum absolute atomic E-state index is 11.1. The number of nitrogens with one attached hydrogen (secondary N) is 1. The quantitative estimate of drug-likeness (QED) is 0.685. The van der Waals surface area contributed by atoms with Crippen molar-refractivity contribution in [1.29, 1.82) is 0 Å². The molecule has 2 fully saturated rings. The van der Waals surface area contributed by atoms with Gasteiger partial charge < -0.3 is 15.2 Å². The zero-order chi connectivity index (χ0) is 19.9. The van der Waals surface area contributed by atoms with Gasteiger partial charge in [-0.3, -0.25) is 9.69 Å².